The molecule has 3 rings (SSSR count). The summed E-state index contributed by atoms with van der Waals surface area (Å²) in [6.45, 7) is 4.60. The van der Waals surface area contributed by atoms with Crippen LogP contribution >= 0.6 is 11.3 Å². The first kappa shape index (κ1) is 17.5. The van der Waals surface area contributed by atoms with Crippen molar-refractivity contribution in [2.45, 2.75) is 32.5 Å². The number of aryl methyl sites for hydroxylation is 2. The van der Waals surface area contributed by atoms with Crippen molar-refractivity contribution in [3.8, 4) is 0 Å². The van der Waals surface area contributed by atoms with E-state index in [-0.39, 0.29) is 6.04 Å². The number of aliphatic hydroxyl groups excluding tert-OH is 1. The van der Waals surface area contributed by atoms with Gasteiger partial charge < -0.3 is 10.8 Å². The molecule has 1 aliphatic rings. The maximum atomic E-state index is 11.6. The van der Waals surface area contributed by atoms with Gasteiger partial charge in [-0.25, -0.2) is 12.7 Å². The molecule has 4 N–H and O–H groups in total. The number of nitrogens with zero attached hydrogens (tertiary/aromatic N) is 3. The number of thiophene rings is 1. The van der Waals surface area contributed by atoms with Crippen molar-refractivity contribution >= 4 is 37.3 Å². The SMILES string of the molecule is Cc1nnc2sc(C(O)N[C@@H]3CCN(S(C)(=O)=O)C3)c(N)c2c1C. The van der Waals surface area contributed by atoms with Crippen LogP contribution in [-0.4, -0.2) is 53.4 Å². The van der Waals surface area contributed by atoms with Crippen molar-refractivity contribution in [1.82, 2.24) is 19.8 Å². The molecule has 1 fully saturated rings. The van der Waals surface area contributed by atoms with Gasteiger partial charge in [0, 0.05) is 24.5 Å². The second-order valence-electron chi connectivity index (χ2n) is 6.15. The number of nitrogens with one attached hydrogen (secondary N) is 1. The van der Waals surface area contributed by atoms with Crippen molar-refractivity contribution in [2.24, 2.45) is 0 Å². The van der Waals surface area contributed by atoms with Crippen LogP contribution in [0.2, 0.25) is 0 Å². The highest BCUT2D eigenvalue weighted by Crippen LogP contribution is 2.38. The maximum Gasteiger partial charge on any atom is 0.211 e. The molecule has 0 bridgehead atoms. The minimum atomic E-state index is -3.20. The van der Waals surface area contributed by atoms with Crippen LogP contribution in [0.1, 0.15) is 28.8 Å². The zero-order valence-corrected chi connectivity index (χ0v) is 15.4. The fraction of sp³-hybridized carbons (Fsp3) is 0.571. The van der Waals surface area contributed by atoms with Crippen LogP contribution in [0.25, 0.3) is 10.2 Å². The maximum absolute atomic E-state index is 11.6. The molecule has 132 valence electrons. The molecule has 10 heteroatoms. The van der Waals surface area contributed by atoms with Gasteiger partial charge in [-0.1, -0.05) is 0 Å². The van der Waals surface area contributed by atoms with Gasteiger partial charge in [0.25, 0.3) is 0 Å². The standard InChI is InChI=1S/C14H21N5O3S2/c1-7-8(2)17-18-14-10(7)11(15)12(23-14)13(20)16-9-4-5-19(6-9)24(3,21)22/h9,13,16,20H,4-6,15H2,1-3H3/t9-,13?/m1/s1. The molecule has 0 radical (unpaired) electrons. The van der Waals surface area contributed by atoms with Gasteiger partial charge in [0.2, 0.25) is 10.0 Å². The third-order valence-corrected chi connectivity index (χ3v) is 6.84. The van der Waals surface area contributed by atoms with E-state index in [1.54, 1.807) is 0 Å². The van der Waals surface area contributed by atoms with Crippen molar-refractivity contribution in [3.05, 3.63) is 16.1 Å². The first-order valence-electron chi connectivity index (χ1n) is 7.59. The summed E-state index contributed by atoms with van der Waals surface area (Å²) < 4.78 is 24.6. The monoisotopic (exact) mass is 371 g/mol. The Morgan fingerprint density at radius 3 is 2.75 bits per heavy atom. The number of nitrogen functional groups attached to an aromatic ring is 1. The molecule has 3 heterocycles. The van der Waals surface area contributed by atoms with E-state index in [1.165, 1.54) is 21.9 Å². The van der Waals surface area contributed by atoms with Crippen molar-refractivity contribution in [1.29, 1.82) is 0 Å². The highest BCUT2D eigenvalue weighted by Gasteiger charge is 2.31. The smallest absolute Gasteiger partial charge is 0.211 e. The summed E-state index contributed by atoms with van der Waals surface area (Å²) >= 11 is 1.30. The van der Waals surface area contributed by atoms with Gasteiger partial charge in [0.1, 0.15) is 11.1 Å². The van der Waals surface area contributed by atoms with Crippen LogP contribution < -0.4 is 11.1 Å². The van der Waals surface area contributed by atoms with E-state index >= 15 is 0 Å². The molecule has 8 nitrogen and oxygen atoms in total. The van der Waals surface area contributed by atoms with E-state index in [0.29, 0.717) is 34.9 Å². The Bertz CT molecular complexity index is 880. The van der Waals surface area contributed by atoms with Crippen LogP contribution in [-0.2, 0) is 10.0 Å². The predicted octanol–water partition coefficient (Wildman–Crippen LogP) is 0.505. The molecular formula is C14H21N5O3S2. The number of nitrogens with two attached hydrogens (primary N) is 1. The highest BCUT2D eigenvalue weighted by atomic mass is 32.2. The number of aromatic nitrogens is 2. The first-order valence-corrected chi connectivity index (χ1v) is 10.3. The predicted molar refractivity (Wildman–Crippen MR) is 94.2 cm³/mol. The van der Waals surface area contributed by atoms with Gasteiger partial charge in [-0.3, -0.25) is 5.32 Å². The average molecular weight is 371 g/mol. The summed E-state index contributed by atoms with van der Waals surface area (Å²) in [4.78, 5) is 1.28. The number of sulfonamides is 1. The highest BCUT2D eigenvalue weighted by molar-refractivity contribution is 7.88. The van der Waals surface area contributed by atoms with Gasteiger partial charge in [-0.15, -0.1) is 16.4 Å². The van der Waals surface area contributed by atoms with Gasteiger partial charge in [-0.2, -0.15) is 5.10 Å². The molecule has 2 atom stereocenters. The molecular weight excluding hydrogens is 350 g/mol. The van der Waals surface area contributed by atoms with Gasteiger partial charge >= 0.3 is 0 Å². The van der Waals surface area contributed by atoms with Crippen molar-refractivity contribution in [3.63, 3.8) is 0 Å². The number of aliphatic hydroxyl groups is 1. The molecule has 0 amide bonds. The average Bonchev–Trinajstić information content (AvgIpc) is 3.08. The Kier molecular flexibility index (Phi) is 4.51. The number of hydrogen-bond acceptors (Lipinski definition) is 8. The second kappa shape index (κ2) is 6.19. The molecule has 1 aliphatic heterocycles. The Balaban J connectivity index is 1.81. The summed E-state index contributed by atoms with van der Waals surface area (Å²) in [6, 6.07) is -0.117. The topological polar surface area (TPSA) is 121 Å². The molecule has 2 aromatic heterocycles. The Morgan fingerprint density at radius 2 is 2.12 bits per heavy atom. The molecule has 1 unspecified atom stereocenters. The van der Waals surface area contributed by atoms with E-state index in [0.717, 1.165) is 16.6 Å². The Morgan fingerprint density at radius 1 is 1.42 bits per heavy atom. The summed E-state index contributed by atoms with van der Waals surface area (Å²) in [7, 11) is -3.20. The Hall–Kier alpha value is -1.33. The van der Waals surface area contributed by atoms with E-state index in [4.69, 9.17) is 5.73 Å². The first-order chi connectivity index (χ1) is 11.2. The summed E-state index contributed by atoms with van der Waals surface area (Å²) in [5.74, 6) is 0. The molecule has 0 spiro atoms. The third-order valence-electron chi connectivity index (χ3n) is 4.43. The molecule has 1 saturated heterocycles. The van der Waals surface area contributed by atoms with Gasteiger partial charge in [0.05, 0.1) is 22.5 Å². The fourth-order valence-electron chi connectivity index (χ4n) is 2.93. The molecule has 0 saturated carbocycles. The number of fused-ring (bicyclic) bond motifs is 1. The van der Waals surface area contributed by atoms with Gasteiger partial charge in [0.15, 0.2) is 0 Å². The lowest BCUT2D eigenvalue weighted by atomic mass is 10.1. The fourth-order valence-corrected chi connectivity index (χ4v) is 4.86. The number of hydrogen-bond donors (Lipinski definition) is 3. The molecule has 24 heavy (non-hydrogen) atoms. The normalized spacial score (nSPS) is 20.8. The second-order valence-corrected chi connectivity index (χ2v) is 9.16. The minimum Gasteiger partial charge on any atom is -0.397 e. The summed E-state index contributed by atoms with van der Waals surface area (Å²) in [5.41, 5.74) is 8.48. The summed E-state index contributed by atoms with van der Waals surface area (Å²) in [5, 5.41) is 22.6. The molecule has 0 aromatic carbocycles. The van der Waals surface area contributed by atoms with Crippen LogP contribution in [0.4, 0.5) is 5.69 Å². The van der Waals surface area contributed by atoms with Gasteiger partial charge in [-0.05, 0) is 25.8 Å². The van der Waals surface area contributed by atoms with Crippen LogP contribution in [0.15, 0.2) is 0 Å². The molecule has 0 aliphatic carbocycles. The Labute approximate surface area is 144 Å². The quantitative estimate of drug-likeness (QED) is 0.669. The van der Waals surface area contributed by atoms with E-state index in [2.05, 4.69) is 15.5 Å². The van der Waals surface area contributed by atoms with Crippen LogP contribution in [0.3, 0.4) is 0 Å². The largest absolute Gasteiger partial charge is 0.397 e. The van der Waals surface area contributed by atoms with E-state index in [9.17, 15) is 13.5 Å². The van der Waals surface area contributed by atoms with Crippen molar-refractivity contribution in [2.75, 3.05) is 25.1 Å². The lowest BCUT2D eigenvalue weighted by Crippen LogP contribution is -2.36. The number of anilines is 1. The lowest BCUT2D eigenvalue weighted by Gasteiger charge is -2.18. The number of rotatable bonds is 4. The zero-order chi connectivity index (χ0) is 17.6. The lowest BCUT2D eigenvalue weighted by molar-refractivity contribution is 0.129. The molecule has 2 aromatic rings. The third kappa shape index (κ3) is 3.11. The van der Waals surface area contributed by atoms with Crippen LogP contribution in [0, 0.1) is 13.8 Å². The van der Waals surface area contributed by atoms with E-state index < -0.39 is 16.3 Å². The zero-order valence-electron chi connectivity index (χ0n) is 13.8. The van der Waals surface area contributed by atoms with Crippen LogP contribution in [0.5, 0.6) is 0 Å². The minimum absolute atomic E-state index is 0.117. The summed E-state index contributed by atoms with van der Waals surface area (Å²) in [6.07, 6.45) is 0.875. The van der Waals surface area contributed by atoms with Crippen molar-refractivity contribution < 1.29 is 13.5 Å². The van der Waals surface area contributed by atoms with E-state index in [1.807, 2.05) is 13.8 Å².